The van der Waals surface area contributed by atoms with Crippen molar-refractivity contribution < 1.29 is 9.90 Å². The standard InChI is InChI=1S/C10H17N3O2S/c1-10(2,8(11)9(14)15)16-7-6-13-5-3-4-12-13/h3-5,8H,6-7,11H2,1-2H3,(H,14,15)/t8-/m0/s1. The van der Waals surface area contributed by atoms with Crippen LogP contribution in [0.2, 0.25) is 0 Å². The van der Waals surface area contributed by atoms with E-state index in [4.69, 9.17) is 10.8 Å². The molecule has 0 aromatic carbocycles. The maximum atomic E-state index is 10.8. The van der Waals surface area contributed by atoms with Crippen molar-refractivity contribution >= 4 is 17.7 Å². The number of nitrogens with two attached hydrogens (primary N) is 1. The molecule has 90 valence electrons. The summed E-state index contributed by atoms with van der Waals surface area (Å²) in [5.74, 6) is -0.174. The van der Waals surface area contributed by atoms with Gasteiger partial charge in [-0.25, -0.2) is 0 Å². The van der Waals surface area contributed by atoms with Gasteiger partial charge in [0.1, 0.15) is 6.04 Å². The Morgan fingerprint density at radius 3 is 2.88 bits per heavy atom. The molecule has 5 nitrogen and oxygen atoms in total. The van der Waals surface area contributed by atoms with Crippen molar-refractivity contribution in [1.29, 1.82) is 0 Å². The van der Waals surface area contributed by atoms with Gasteiger partial charge in [0.25, 0.3) is 0 Å². The van der Waals surface area contributed by atoms with Crippen molar-refractivity contribution in [2.75, 3.05) is 5.75 Å². The van der Waals surface area contributed by atoms with E-state index in [2.05, 4.69) is 5.10 Å². The number of rotatable bonds is 6. The maximum Gasteiger partial charge on any atom is 0.321 e. The molecule has 6 heteroatoms. The Hall–Kier alpha value is -1.01. The number of nitrogens with zero attached hydrogens (tertiary/aromatic N) is 2. The minimum atomic E-state index is -0.961. The number of aryl methyl sites for hydroxylation is 1. The van der Waals surface area contributed by atoms with Gasteiger partial charge in [0.2, 0.25) is 0 Å². The summed E-state index contributed by atoms with van der Waals surface area (Å²) in [5.41, 5.74) is 5.61. The van der Waals surface area contributed by atoms with E-state index in [1.807, 2.05) is 30.8 Å². The molecule has 0 amide bonds. The molecule has 0 aliphatic heterocycles. The third kappa shape index (κ3) is 3.53. The van der Waals surface area contributed by atoms with Crippen LogP contribution in [0.1, 0.15) is 13.8 Å². The first kappa shape index (κ1) is 13.1. The molecule has 16 heavy (non-hydrogen) atoms. The van der Waals surface area contributed by atoms with Gasteiger partial charge in [-0.15, -0.1) is 0 Å². The smallest absolute Gasteiger partial charge is 0.321 e. The largest absolute Gasteiger partial charge is 0.480 e. The molecule has 1 aromatic heterocycles. The predicted octanol–water partition coefficient (Wildman–Crippen LogP) is 0.807. The van der Waals surface area contributed by atoms with Crippen LogP contribution in [0.25, 0.3) is 0 Å². The number of hydrogen-bond acceptors (Lipinski definition) is 4. The summed E-state index contributed by atoms with van der Waals surface area (Å²) in [7, 11) is 0. The average molecular weight is 243 g/mol. The summed E-state index contributed by atoms with van der Waals surface area (Å²) < 4.78 is 1.34. The van der Waals surface area contributed by atoms with E-state index in [9.17, 15) is 4.79 Å². The van der Waals surface area contributed by atoms with Gasteiger partial charge in [0, 0.05) is 29.4 Å². The van der Waals surface area contributed by atoms with E-state index >= 15 is 0 Å². The average Bonchev–Trinajstić information content (AvgIpc) is 2.69. The van der Waals surface area contributed by atoms with Gasteiger partial charge in [-0.3, -0.25) is 9.48 Å². The lowest BCUT2D eigenvalue weighted by Gasteiger charge is -2.27. The Morgan fingerprint density at radius 2 is 2.38 bits per heavy atom. The van der Waals surface area contributed by atoms with Crippen molar-refractivity contribution in [2.45, 2.75) is 31.2 Å². The lowest BCUT2D eigenvalue weighted by molar-refractivity contribution is -0.139. The molecule has 1 atom stereocenters. The molecule has 1 heterocycles. The minimum Gasteiger partial charge on any atom is -0.480 e. The fourth-order valence-corrected chi connectivity index (χ4v) is 2.31. The molecular weight excluding hydrogens is 226 g/mol. The van der Waals surface area contributed by atoms with Gasteiger partial charge < -0.3 is 10.8 Å². The lowest BCUT2D eigenvalue weighted by Crippen LogP contribution is -2.47. The molecule has 0 aliphatic carbocycles. The molecule has 0 saturated heterocycles. The Morgan fingerprint density at radius 1 is 1.69 bits per heavy atom. The molecule has 0 radical (unpaired) electrons. The first-order valence-corrected chi connectivity index (χ1v) is 6.02. The van der Waals surface area contributed by atoms with Gasteiger partial charge in [-0.2, -0.15) is 16.9 Å². The number of aliphatic carboxylic acids is 1. The van der Waals surface area contributed by atoms with Crippen LogP contribution in [0.5, 0.6) is 0 Å². The predicted molar refractivity (Wildman–Crippen MR) is 64.4 cm³/mol. The summed E-state index contributed by atoms with van der Waals surface area (Å²) in [6, 6.07) is 1.01. The van der Waals surface area contributed by atoms with Crippen LogP contribution in [0.4, 0.5) is 0 Å². The van der Waals surface area contributed by atoms with E-state index in [-0.39, 0.29) is 0 Å². The number of thioether (sulfide) groups is 1. The SMILES string of the molecule is CC(C)(SCCn1cccn1)[C@@H](N)C(=O)O. The molecular formula is C10H17N3O2S. The third-order valence-corrected chi connectivity index (χ3v) is 3.75. The molecule has 3 N–H and O–H groups in total. The summed E-state index contributed by atoms with van der Waals surface area (Å²) in [6.07, 6.45) is 3.60. The van der Waals surface area contributed by atoms with Crippen molar-refractivity contribution in [1.82, 2.24) is 9.78 Å². The zero-order chi connectivity index (χ0) is 12.2. The van der Waals surface area contributed by atoms with Gasteiger partial charge in [0.15, 0.2) is 0 Å². The highest BCUT2D eigenvalue weighted by Crippen LogP contribution is 2.27. The summed E-state index contributed by atoms with van der Waals surface area (Å²) >= 11 is 1.55. The second-order valence-electron chi connectivity index (χ2n) is 4.04. The van der Waals surface area contributed by atoms with E-state index in [1.54, 1.807) is 18.0 Å². The van der Waals surface area contributed by atoms with Crippen LogP contribution >= 0.6 is 11.8 Å². The van der Waals surface area contributed by atoms with Crippen molar-refractivity contribution in [3.05, 3.63) is 18.5 Å². The Kier molecular flexibility index (Phi) is 4.37. The molecule has 0 aliphatic rings. The van der Waals surface area contributed by atoms with Gasteiger partial charge in [-0.05, 0) is 19.9 Å². The van der Waals surface area contributed by atoms with Gasteiger partial charge >= 0.3 is 5.97 Å². The number of carboxylic acid groups (broad SMARTS) is 1. The number of hydrogen-bond donors (Lipinski definition) is 2. The van der Waals surface area contributed by atoms with Gasteiger partial charge in [-0.1, -0.05) is 0 Å². The lowest BCUT2D eigenvalue weighted by atomic mass is 10.1. The second-order valence-corrected chi connectivity index (χ2v) is 5.79. The zero-order valence-corrected chi connectivity index (χ0v) is 10.3. The molecule has 0 unspecified atom stereocenters. The highest BCUT2D eigenvalue weighted by Gasteiger charge is 2.32. The van der Waals surface area contributed by atoms with Crippen LogP contribution < -0.4 is 5.73 Å². The molecule has 0 fully saturated rings. The highest BCUT2D eigenvalue weighted by molar-refractivity contribution is 8.00. The second kappa shape index (κ2) is 5.36. The van der Waals surface area contributed by atoms with Crippen LogP contribution in [0, 0.1) is 0 Å². The third-order valence-electron chi connectivity index (χ3n) is 2.37. The van der Waals surface area contributed by atoms with Gasteiger partial charge in [0.05, 0.1) is 0 Å². The number of carbonyl (C=O) groups is 1. The van der Waals surface area contributed by atoms with Crippen LogP contribution in [0.15, 0.2) is 18.5 Å². The Labute approximate surface area is 99.0 Å². The zero-order valence-electron chi connectivity index (χ0n) is 9.46. The van der Waals surface area contributed by atoms with Crippen molar-refractivity contribution in [3.63, 3.8) is 0 Å². The summed E-state index contributed by atoms with van der Waals surface area (Å²) in [4.78, 5) is 10.8. The van der Waals surface area contributed by atoms with E-state index in [1.165, 1.54) is 0 Å². The summed E-state index contributed by atoms with van der Waals surface area (Å²) in [5, 5.41) is 12.9. The van der Waals surface area contributed by atoms with Crippen molar-refractivity contribution in [3.8, 4) is 0 Å². The molecule has 0 spiro atoms. The minimum absolute atomic E-state index is 0.473. The number of aromatic nitrogens is 2. The van der Waals surface area contributed by atoms with Crippen LogP contribution in [0.3, 0.4) is 0 Å². The summed E-state index contributed by atoms with van der Waals surface area (Å²) in [6.45, 7) is 4.45. The topological polar surface area (TPSA) is 81.1 Å². The van der Waals surface area contributed by atoms with E-state index < -0.39 is 16.8 Å². The monoisotopic (exact) mass is 243 g/mol. The fraction of sp³-hybridized carbons (Fsp3) is 0.600. The molecule has 0 saturated carbocycles. The van der Waals surface area contributed by atoms with Crippen LogP contribution in [-0.2, 0) is 11.3 Å². The first-order valence-electron chi connectivity index (χ1n) is 5.03. The van der Waals surface area contributed by atoms with Crippen LogP contribution in [-0.4, -0.2) is 37.4 Å². The fourth-order valence-electron chi connectivity index (χ4n) is 1.22. The quantitative estimate of drug-likeness (QED) is 0.772. The van der Waals surface area contributed by atoms with E-state index in [0.717, 1.165) is 12.3 Å². The molecule has 1 aromatic rings. The molecule has 0 bridgehead atoms. The first-order chi connectivity index (χ1) is 7.43. The Balaban J connectivity index is 2.39. The number of carboxylic acids is 1. The normalized spacial score (nSPS) is 13.7. The van der Waals surface area contributed by atoms with Crippen molar-refractivity contribution in [2.24, 2.45) is 5.73 Å². The Bertz CT molecular complexity index is 338. The maximum absolute atomic E-state index is 10.8. The van der Waals surface area contributed by atoms with E-state index in [0.29, 0.717) is 0 Å². The highest BCUT2D eigenvalue weighted by atomic mass is 32.2. The molecule has 1 rings (SSSR count).